The van der Waals surface area contributed by atoms with E-state index >= 15 is 0 Å². The largest absolute Gasteiger partial charge is 0.457 e. The van der Waals surface area contributed by atoms with Gasteiger partial charge >= 0.3 is 0 Å². The number of benzene rings is 3. The topological polar surface area (TPSA) is 81.5 Å². The van der Waals surface area contributed by atoms with Crippen molar-refractivity contribution in [3.8, 4) is 11.5 Å². The molecule has 0 aliphatic carbocycles. The monoisotopic (exact) mass is 348 g/mol. The Kier molecular flexibility index (Phi) is 4.94. The molecule has 1 amide bonds. The predicted molar refractivity (Wildman–Crippen MR) is 98.7 cm³/mol. The van der Waals surface area contributed by atoms with Gasteiger partial charge in [0, 0.05) is 23.4 Å². The first-order valence-electron chi connectivity index (χ1n) is 7.92. The highest BCUT2D eigenvalue weighted by Crippen LogP contribution is 2.24. The van der Waals surface area contributed by atoms with E-state index in [0.717, 1.165) is 11.3 Å². The Balaban J connectivity index is 1.67. The van der Waals surface area contributed by atoms with E-state index in [1.165, 1.54) is 24.3 Å². The van der Waals surface area contributed by atoms with Crippen LogP contribution in [0.1, 0.15) is 15.9 Å². The summed E-state index contributed by atoms with van der Waals surface area (Å²) in [6.45, 7) is 1.93. The molecule has 6 nitrogen and oxygen atoms in total. The fraction of sp³-hybridized carbons (Fsp3) is 0.0500. The maximum Gasteiger partial charge on any atom is 0.269 e. The average molecular weight is 348 g/mol. The fourth-order valence-electron chi connectivity index (χ4n) is 2.35. The summed E-state index contributed by atoms with van der Waals surface area (Å²) >= 11 is 0. The SMILES string of the molecule is Cc1ccccc1NC(=O)c1ccc(Oc2ccc([N+](=O)[O-])cc2)cc1. The Morgan fingerprint density at radius 3 is 2.08 bits per heavy atom. The molecule has 130 valence electrons. The van der Waals surface area contributed by atoms with Gasteiger partial charge in [-0.2, -0.15) is 0 Å². The first-order valence-corrected chi connectivity index (χ1v) is 7.92. The molecule has 0 heterocycles. The quantitative estimate of drug-likeness (QED) is 0.522. The zero-order chi connectivity index (χ0) is 18.5. The van der Waals surface area contributed by atoms with E-state index in [1.807, 2.05) is 31.2 Å². The highest BCUT2D eigenvalue weighted by Gasteiger charge is 2.09. The Labute approximate surface area is 150 Å². The highest BCUT2D eigenvalue weighted by molar-refractivity contribution is 6.04. The average Bonchev–Trinajstić information content (AvgIpc) is 2.64. The van der Waals surface area contributed by atoms with Crippen molar-refractivity contribution in [2.24, 2.45) is 0 Å². The summed E-state index contributed by atoms with van der Waals surface area (Å²) in [7, 11) is 0. The lowest BCUT2D eigenvalue weighted by atomic mass is 10.1. The van der Waals surface area contributed by atoms with Gasteiger partial charge in [-0.15, -0.1) is 0 Å². The summed E-state index contributed by atoms with van der Waals surface area (Å²) in [6.07, 6.45) is 0. The molecule has 0 saturated heterocycles. The third-order valence-corrected chi connectivity index (χ3v) is 3.79. The molecule has 0 fully saturated rings. The van der Waals surface area contributed by atoms with E-state index in [4.69, 9.17) is 4.74 Å². The van der Waals surface area contributed by atoms with Crippen LogP contribution < -0.4 is 10.1 Å². The van der Waals surface area contributed by atoms with Crippen LogP contribution in [0.25, 0.3) is 0 Å². The van der Waals surface area contributed by atoms with Crippen LogP contribution in [0.2, 0.25) is 0 Å². The molecule has 26 heavy (non-hydrogen) atoms. The minimum Gasteiger partial charge on any atom is -0.457 e. The van der Waals surface area contributed by atoms with E-state index < -0.39 is 4.92 Å². The molecule has 0 bridgehead atoms. The van der Waals surface area contributed by atoms with E-state index in [-0.39, 0.29) is 11.6 Å². The van der Waals surface area contributed by atoms with Crippen molar-refractivity contribution >= 4 is 17.3 Å². The number of nitrogens with one attached hydrogen (secondary N) is 1. The summed E-state index contributed by atoms with van der Waals surface area (Å²) in [4.78, 5) is 22.5. The van der Waals surface area contributed by atoms with Crippen molar-refractivity contribution in [1.29, 1.82) is 0 Å². The molecule has 0 spiro atoms. The molecule has 0 radical (unpaired) electrons. The molecule has 0 aliphatic rings. The van der Waals surface area contributed by atoms with Gasteiger partial charge in [-0.3, -0.25) is 14.9 Å². The second-order valence-corrected chi connectivity index (χ2v) is 5.65. The molecule has 1 N–H and O–H groups in total. The van der Waals surface area contributed by atoms with Gasteiger partial charge < -0.3 is 10.1 Å². The molecule has 3 rings (SSSR count). The van der Waals surface area contributed by atoms with Crippen LogP contribution in [0, 0.1) is 17.0 Å². The van der Waals surface area contributed by atoms with Gasteiger partial charge in [0.2, 0.25) is 0 Å². The highest BCUT2D eigenvalue weighted by atomic mass is 16.6. The number of non-ortho nitro benzene ring substituents is 1. The summed E-state index contributed by atoms with van der Waals surface area (Å²) < 4.78 is 5.63. The molecule has 6 heteroatoms. The summed E-state index contributed by atoms with van der Waals surface area (Å²) in [5.41, 5.74) is 2.26. The standard InChI is InChI=1S/C20H16N2O4/c1-14-4-2-3-5-19(14)21-20(23)15-6-10-17(11-7-15)26-18-12-8-16(9-13-18)22(24)25/h2-13H,1H3,(H,21,23). The molecule has 0 aromatic heterocycles. The normalized spacial score (nSPS) is 10.2. The number of anilines is 1. The maximum atomic E-state index is 12.3. The molecule has 0 atom stereocenters. The predicted octanol–water partition coefficient (Wildman–Crippen LogP) is 4.95. The summed E-state index contributed by atoms with van der Waals surface area (Å²) in [5.74, 6) is 0.806. The lowest BCUT2D eigenvalue weighted by Gasteiger charge is -2.09. The van der Waals surface area contributed by atoms with Crippen LogP contribution in [0.3, 0.4) is 0 Å². The number of rotatable bonds is 5. The van der Waals surface area contributed by atoms with E-state index in [2.05, 4.69) is 5.32 Å². The van der Waals surface area contributed by atoms with Crippen LogP contribution in [-0.4, -0.2) is 10.8 Å². The zero-order valence-electron chi connectivity index (χ0n) is 14.0. The number of carbonyl (C=O) groups excluding carboxylic acids is 1. The first-order chi connectivity index (χ1) is 12.5. The Morgan fingerprint density at radius 1 is 0.923 bits per heavy atom. The van der Waals surface area contributed by atoms with E-state index in [1.54, 1.807) is 24.3 Å². The molecule has 0 aliphatic heterocycles. The van der Waals surface area contributed by atoms with Crippen LogP contribution in [0.15, 0.2) is 72.8 Å². The number of nitro groups is 1. The minimum absolute atomic E-state index is 0.000532. The van der Waals surface area contributed by atoms with Gasteiger partial charge in [-0.05, 0) is 55.0 Å². The number of para-hydroxylation sites is 1. The third-order valence-electron chi connectivity index (χ3n) is 3.79. The van der Waals surface area contributed by atoms with Crippen molar-refractivity contribution in [3.63, 3.8) is 0 Å². The van der Waals surface area contributed by atoms with Crippen molar-refractivity contribution in [1.82, 2.24) is 0 Å². The van der Waals surface area contributed by atoms with E-state index in [9.17, 15) is 14.9 Å². The van der Waals surface area contributed by atoms with Gasteiger partial charge in [-0.25, -0.2) is 0 Å². The smallest absolute Gasteiger partial charge is 0.269 e. The Morgan fingerprint density at radius 2 is 1.50 bits per heavy atom. The lowest BCUT2D eigenvalue weighted by Crippen LogP contribution is -2.12. The number of aryl methyl sites for hydroxylation is 1. The van der Waals surface area contributed by atoms with Crippen LogP contribution in [-0.2, 0) is 0 Å². The molecule has 0 unspecified atom stereocenters. The number of carbonyl (C=O) groups is 1. The van der Waals surface area contributed by atoms with Crippen molar-refractivity contribution in [2.45, 2.75) is 6.92 Å². The van der Waals surface area contributed by atoms with Crippen molar-refractivity contribution in [2.75, 3.05) is 5.32 Å². The Bertz CT molecular complexity index is 935. The number of amides is 1. The second-order valence-electron chi connectivity index (χ2n) is 5.65. The van der Waals surface area contributed by atoms with Gasteiger partial charge in [-0.1, -0.05) is 18.2 Å². The molecule has 0 saturated carbocycles. The van der Waals surface area contributed by atoms with Gasteiger partial charge in [0.15, 0.2) is 0 Å². The summed E-state index contributed by atoms with van der Waals surface area (Å²) in [5, 5.41) is 13.5. The lowest BCUT2D eigenvalue weighted by molar-refractivity contribution is -0.384. The molecular formula is C20H16N2O4. The van der Waals surface area contributed by atoms with Crippen LogP contribution in [0.4, 0.5) is 11.4 Å². The second kappa shape index (κ2) is 7.48. The Hall–Kier alpha value is -3.67. The first kappa shape index (κ1) is 17.2. The molecule has 3 aromatic rings. The van der Waals surface area contributed by atoms with Crippen LogP contribution >= 0.6 is 0 Å². The molecule has 3 aromatic carbocycles. The van der Waals surface area contributed by atoms with E-state index in [0.29, 0.717) is 17.1 Å². The van der Waals surface area contributed by atoms with Gasteiger partial charge in [0.05, 0.1) is 4.92 Å². The van der Waals surface area contributed by atoms with Crippen molar-refractivity contribution < 1.29 is 14.5 Å². The third kappa shape index (κ3) is 4.05. The fourth-order valence-corrected chi connectivity index (χ4v) is 2.35. The van der Waals surface area contributed by atoms with Crippen LogP contribution in [0.5, 0.6) is 11.5 Å². The zero-order valence-corrected chi connectivity index (χ0v) is 14.0. The summed E-state index contributed by atoms with van der Waals surface area (Å²) in [6, 6.07) is 20.0. The maximum absolute atomic E-state index is 12.3. The van der Waals surface area contributed by atoms with Crippen molar-refractivity contribution in [3.05, 3.63) is 94.0 Å². The van der Waals surface area contributed by atoms with Gasteiger partial charge in [0.25, 0.3) is 11.6 Å². The number of hydrogen-bond donors (Lipinski definition) is 1. The number of ether oxygens (including phenoxy) is 1. The minimum atomic E-state index is -0.467. The number of nitrogens with zero attached hydrogens (tertiary/aromatic N) is 1. The molecular weight excluding hydrogens is 332 g/mol. The number of hydrogen-bond acceptors (Lipinski definition) is 4. The van der Waals surface area contributed by atoms with Gasteiger partial charge in [0.1, 0.15) is 11.5 Å². The number of nitro benzene ring substituents is 1.